The van der Waals surface area contributed by atoms with Gasteiger partial charge < -0.3 is 29.3 Å². The van der Waals surface area contributed by atoms with Crippen molar-refractivity contribution in [2.75, 3.05) is 40.3 Å². The lowest BCUT2D eigenvalue weighted by atomic mass is 10.0. The molecular weight excluding hydrogens is 514 g/mol. The first kappa shape index (κ1) is 42.1. The van der Waals surface area contributed by atoms with Crippen molar-refractivity contribution in [2.45, 2.75) is 126 Å². The zero-order valence-electron chi connectivity index (χ0n) is 28.3. The third-order valence-corrected chi connectivity index (χ3v) is 4.72. The molecule has 0 aliphatic rings. The number of nitrogens with one attached hydrogen (secondary N) is 1. The van der Waals surface area contributed by atoms with Crippen molar-refractivity contribution >= 4 is 23.9 Å². The van der Waals surface area contributed by atoms with E-state index in [1.54, 1.807) is 14.1 Å². The minimum atomic E-state index is -0.567. The summed E-state index contributed by atoms with van der Waals surface area (Å²) in [7, 11) is 3.27. The van der Waals surface area contributed by atoms with Crippen LogP contribution in [0.1, 0.15) is 109 Å². The number of carbonyl (C=O) groups excluding carboxylic acids is 4. The van der Waals surface area contributed by atoms with Crippen LogP contribution in [0.4, 0.5) is 4.79 Å². The highest BCUT2D eigenvalue weighted by Crippen LogP contribution is 2.17. The first-order chi connectivity index (χ1) is 18.0. The number of hydrogen-bond acceptors (Lipinski definition) is 7. The molecule has 0 aliphatic heterocycles. The van der Waals surface area contributed by atoms with Crippen LogP contribution >= 0.6 is 0 Å². The van der Waals surface area contributed by atoms with Crippen molar-refractivity contribution in [2.24, 2.45) is 5.92 Å². The molecule has 0 spiro atoms. The predicted molar refractivity (Wildman–Crippen MR) is 161 cm³/mol. The van der Waals surface area contributed by atoms with Gasteiger partial charge in [-0.2, -0.15) is 0 Å². The fourth-order valence-electron chi connectivity index (χ4n) is 2.89. The molecule has 238 valence electrons. The lowest BCUT2D eigenvalue weighted by Gasteiger charge is -2.27. The molecular formula is C30H61N3O7. The molecule has 10 nitrogen and oxygen atoms in total. The van der Waals surface area contributed by atoms with E-state index in [1.807, 2.05) is 69.2 Å². The van der Waals surface area contributed by atoms with E-state index in [2.05, 4.69) is 19.2 Å². The monoisotopic (exact) mass is 575 g/mol. The Balaban J connectivity index is -0.00000116. The molecule has 1 N–H and O–H groups in total. The number of likely N-dealkylation sites (N-methyl/N-ethyl adjacent to an activating group) is 1. The molecule has 0 aromatic rings. The van der Waals surface area contributed by atoms with Gasteiger partial charge in [0.2, 0.25) is 11.8 Å². The van der Waals surface area contributed by atoms with Gasteiger partial charge in [-0.1, -0.05) is 27.7 Å². The van der Waals surface area contributed by atoms with Crippen LogP contribution in [0.25, 0.3) is 0 Å². The minimum absolute atomic E-state index is 0.0111. The van der Waals surface area contributed by atoms with E-state index < -0.39 is 17.3 Å². The molecule has 0 atom stereocenters. The molecule has 0 aromatic heterocycles. The minimum Gasteiger partial charge on any atom is -0.460 e. The number of rotatable bonds is 12. The molecule has 0 aliphatic carbocycles. The average molecular weight is 576 g/mol. The predicted octanol–water partition coefficient (Wildman–Crippen LogP) is 5.42. The number of carbonyl (C=O) groups is 4. The summed E-state index contributed by atoms with van der Waals surface area (Å²) in [5, 5.41) is 2.78. The lowest BCUT2D eigenvalue weighted by molar-refractivity contribution is -0.152. The summed E-state index contributed by atoms with van der Waals surface area (Å²) >= 11 is 0. The number of esters is 1. The molecule has 0 rings (SSSR count). The van der Waals surface area contributed by atoms with E-state index in [0.29, 0.717) is 32.0 Å². The molecule has 0 saturated carbocycles. The Labute approximate surface area is 244 Å². The van der Waals surface area contributed by atoms with Gasteiger partial charge >= 0.3 is 12.1 Å². The molecule has 0 radical (unpaired) electrons. The van der Waals surface area contributed by atoms with Crippen LogP contribution in [0, 0.1) is 5.92 Å². The Morgan fingerprint density at radius 2 is 1.32 bits per heavy atom. The van der Waals surface area contributed by atoms with Gasteiger partial charge in [-0.15, -0.1) is 0 Å². The lowest BCUT2D eigenvalue weighted by Crippen LogP contribution is -2.42. The molecule has 0 aromatic carbocycles. The zero-order valence-corrected chi connectivity index (χ0v) is 28.3. The average Bonchev–Trinajstić information content (AvgIpc) is 2.74. The topological polar surface area (TPSA) is 114 Å². The van der Waals surface area contributed by atoms with Crippen molar-refractivity contribution < 1.29 is 33.4 Å². The van der Waals surface area contributed by atoms with E-state index in [-0.39, 0.29) is 36.4 Å². The number of hydrogen-bond donors (Lipinski definition) is 1. The highest BCUT2D eigenvalue weighted by molar-refractivity contribution is 5.85. The van der Waals surface area contributed by atoms with Crippen molar-refractivity contribution in [1.82, 2.24) is 15.1 Å². The Bertz CT molecular complexity index is 739. The van der Waals surface area contributed by atoms with Gasteiger partial charge in [-0.05, 0) is 74.1 Å². The summed E-state index contributed by atoms with van der Waals surface area (Å²) in [6, 6.07) is 0. The van der Waals surface area contributed by atoms with Crippen LogP contribution < -0.4 is 5.32 Å². The summed E-state index contributed by atoms with van der Waals surface area (Å²) in [4.78, 5) is 49.5. The van der Waals surface area contributed by atoms with Crippen LogP contribution in [0.15, 0.2) is 0 Å². The summed E-state index contributed by atoms with van der Waals surface area (Å²) in [5.41, 5.74) is -1.43. The zero-order chi connectivity index (χ0) is 32.3. The van der Waals surface area contributed by atoms with Gasteiger partial charge in [-0.25, -0.2) is 4.79 Å². The maximum absolute atomic E-state index is 12.4. The summed E-state index contributed by atoms with van der Waals surface area (Å²) in [6.45, 7) is 25.9. The summed E-state index contributed by atoms with van der Waals surface area (Å²) in [6.07, 6.45) is 1.36. The third kappa shape index (κ3) is 28.6. The van der Waals surface area contributed by atoms with E-state index >= 15 is 0 Å². The molecule has 3 amide bonds. The molecule has 0 unspecified atom stereocenters. The van der Waals surface area contributed by atoms with Crippen LogP contribution in [0.2, 0.25) is 0 Å². The number of ether oxygens (including phenoxy) is 3. The van der Waals surface area contributed by atoms with Crippen molar-refractivity contribution in [1.29, 1.82) is 0 Å². The first-order valence-corrected chi connectivity index (χ1v) is 14.3. The van der Waals surface area contributed by atoms with Gasteiger partial charge in [-0.3, -0.25) is 14.4 Å². The van der Waals surface area contributed by atoms with Crippen LogP contribution in [-0.4, -0.2) is 90.8 Å². The molecule has 40 heavy (non-hydrogen) atoms. The first-order valence-electron chi connectivity index (χ1n) is 14.3. The molecule has 10 heteroatoms. The number of amides is 3. The smallest absolute Gasteiger partial charge is 0.410 e. The highest BCUT2D eigenvalue weighted by atomic mass is 16.6. The SMILES string of the molecule is CC.CC(=O)OC(C)(C)C.CC(C)CCOC(C)(C)CC(=O)N(C)CC(=O)NCCCN(C)C(=O)OC(C)(C)C. The van der Waals surface area contributed by atoms with Crippen molar-refractivity contribution in [3.63, 3.8) is 0 Å². The van der Waals surface area contributed by atoms with E-state index in [0.717, 1.165) is 6.42 Å². The van der Waals surface area contributed by atoms with Gasteiger partial charge in [0.15, 0.2) is 0 Å². The second-order valence-electron chi connectivity index (χ2n) is 12.5. The standard InChI is InChI=1S/C22H43N3O5.C6H12O2.C2H6/c1-17(2)11-14-29-22(6,7)15-19(27)25(9)16-18(26)23-12-10-13-24(8)20(28)30-21(3,4)5;1-5(7)8-6(2,3)4;1-2/h17H,10-16H2,1-9H3,(H,23,26);1-4H3;1-2H3. The second kappa shape index (κ2) is 20.5. The fraction of sp³-hybridized carbons (Fsp3) is 0.867. The normalized spacial score (nSPS) is 11.3. The van der Waals surface area contributed by atoms with Gasteiger partial charge in [0.25, 0.3) is 0 Å². The van der Waals surface area contributed by atoms with E-state index in [4.69, 9.17) is 14.2 Å². The Morgan fingerprint density at radius 1 is 0.825 bits per heavy atom. The Kier molecular flexibility index (Phi) is 21.6. The largest absolute Gasteiger partial charge is 0.460 e. The van der Waals surface area contributed by atoms with Gasteiger partial charge in [0, 0.05) is 40.7 Å². The van der Waals surface area contributed by atoms with Crippen LogP contribution in [0.5, 0.6) is 0 Å². The van der Waals surface area contributed by atoms with Gasteiger partial charge in [0.1, 0.15) is 11.2 Å². The maximum atomic E-state index is 12.4. The van der Waals surface area contributed by atoms with Crippen molar-refractivity contribution in [3.8, 4) is 0 Å². The van der Waals surface area contributed by atoms with Gasteiger partial charge in [0.05, 0.1) is 18.6 Å². The fourth-order valence-corrected chi connectivity index (χ4v) is 2.89. The summed E-state index contributed by atoms with van der Waals surface area (Å²) < 4.78 is 15.9. The molecule has 0 saturated heterocycles. The van der Waals surface area contributed by atoms with Crippen LogP contribution in [-0.2, 0) is 28.6 Å². The number of nitrogens with zero attached hydrogens (tertiary/aromatic N) is 2. The van der Waals surface area contributed by atoms with E-state index in [1.165, 1.54) is 16.7 Å². The van der Waals surface area contributed by atoms with Crippen molar-refractivity contribution in [3.05, 3.63) is 0 Å². The maximum Gasteiger partial charge on any atom is 0.410 e. The van der Waals surface area contributed by atoms with Crippen LogP contribution in [0.3, 0.4) is 0 Å². The Morgan fingerprint density at radius 3 is 1.73 bits per heavy atom. The van der Waals surface area contributed by atoms with E-state index in [9.17, 15) is 19.2 Å². The highest BCUT2D eigenvalue weighted by Gasteiger charge is 2.25. The molecule has 0 heterocycles. The second-order valence-corrected chi connectivity index (χ2v) is 12.5. The third-order valence-electron chi connectivity index (χ3n) is 4.72. The Hall–Kier alpha value is -2.36. The quantitative estimate of drug-likeness (QED) is 0.244. The summed E-state index contributed by atoms with van der Waals surface area (Å²) in [5.74, 6) is -0.0436. The molecule has 0 fully saturated rings. The molecule has 0 bridgehead atoms.